The van der Waals surface area contributed by atoms with E-state index < -0.39 is 17.8 Å². The average Bonchev–Trinajstić information content (AvgIpc) is 2.67. The van der Waals surface area contributed by atoms with E-state index in [1.165, 1.54) is 13.1 Å². The van der Waals surface area contributed by atoms with E-state index in [0.717, 1.165) is 24.3 Å². The smallest absolute Gasteiger partial charge is 0.416 e. The van der Waals surface area contributed by atoms with Crippen LogP contribution >= 0.6 is 0 Å². The van der Waals surface area contributed by atoms with E-state index in [2.05, 4.69) is 25.6 Å². The van der Waals surface area contributed by atoms with Crippen molar-refractivity contribution < 1.29 is 27.4 Å². The lowest BCUT2D eigenvalue weighted by atomic mass is 10.2. The van der Waals surface area contributed by atoms with Crippen molar-refractivity contribution in [3.8, 4) is 5.75 Å². The molecule has 0 saturated carbocycles. The molecule has 0 unspecified atom stereocenters. The van der Waals surface area contributed by atoms with Crippen LogP contribution in [-0.4, -0.2) is 19.9 Å². The number of alkyl halides is 3. The third-order valence-corrected chi connectivity index (χ3v) is 3.42. The maximum Gasteiger partial charge on any atom is 0.416 e. The number of azide groups is 1. The van der Waals surface area contributed by atoms with Gasteiger partial charge < -0.3 is 9.47 Å². The molecule has 0 fully saturated rings. The van der Waals surface area contributed by atoms with Gasteiger partial charge in [0.05, 0.1) is 11.3 Å². The second-order valence-corrected chi connectivity index (χ2v) is 5.37. The van der Waals surface area contributed by atoms with Gasteiger partial charge in [-0.1, -0.05) is 5.11 Å². The van der Waals surface area contributed by atoms with Crippen molar-refractivity contribution in [2.75, 3.05) is 19.1 Å². The zero-order chi connectivity index (χ0) is 21.3. The molecule has 0 atom stereocenters. The Labute approximate surface area is 162 Å². The van der Waals surface area contributed by atoms with Crippen LogP contribution in [0.15, 0.2) is 57.8 Å². The summed E-state index contributed by atoms with van der Waals surface area (Å²) in [7, 11) is 1.49. The number of hydrogen-bond donors (Lipinski definition) is 1. The van der Waals surface area contributed by atoms with Crippen LogP contribution in [0.1, 0.15) is 11.1 Å². The van der Waals surface area contributed by atoms with Gasteiger partial charge >= 0.3 is 12.3 Å². The second kappa shape index (κ2) is 9.95. The van der Waals surface area contributed by atoms with Crippen LogP contribution < -0.4 is 10.1 Å². The van der Waals surface area contributed by atoms with Crippen LogP contribution in [0.3, 0.4) is 0 Å². The second-order valence-electron chi connectivity index (χ2n) is 5.37. The van der Waals surface area contributed by atoms with Gasteiger partial charge in [-0.15, -0.1) is 0 Å². The quantitative estimate of drug-likeness (QED) is 0.353. The molecule has 1 N–H and O–H groups in total. The van der Waals surface area contributed by atoms with Crippen molar-refractivity contribution >= 4 is 17.5 Å². The molecule has 1 amide bonds. The molecule has 0 saturated heterocycles. The third kappa shape index (κ3) is 6.70. The first-order chi connectivity index (χ1) is 13.8. The molecule has 152 valence electrons. The maximum atomic E-state index is 12.6. The molecule has 2 aromatic rings. The highest BCUT2D eigenvalue weighted by Gasteiger charge is 2.30. The van der Waals surface area contributed by atoms with E-state index in [-0.39, 0.29) is 24.8 Å². The van der Waals surface area contributed by atoms with E-state index in [1.807, 2.05) is 0 Å². The lowest BCUT2D eigenvalue weighted by molar-refractivity contribution is -0.137. The third-order valence-electron chi connectivity index (χ3n) is 3.42. The van der Waals surface area contributed by atoms with Crippen LogP contribution in [0.25, 0.3) is 10.4 Å². The first-order valence-corrected chi connectivity index (χ1v) is 8.01. The highest BCUT2D eigenvalue weighted by Crippen LogP contribution is 2.30. The molecule has 0 heterocycles. The Morgan fingerprint density at radius 1 is 1.21 bits per heavy atom. The van der Waals surface area contributed by atoms with Crippen molar-refractivity contribution in [1.82, 2.24) is 0 Å². The Morgan fingerprint density at radius 3 is 2.55 bits per heavy atom. The Morgan fingerprint density at radius 2 is 1.93 bits per heavy atom. The van der Waals surface area contributed by atoms with Gasteiger partial charge in [0.1, 0.15) is 12.4 Å². The number of benzene rings is 2. The van der Waals surface area contributed by atoms with E-state index in [0.29, 0.717) is 11.3 Å². The first-order valence-electron chi connectivity index (χ1n) is 8.01. The van der Waals surface area contributed by atoms with Crippen LogP contribution in [0, 0.1) is 0 Å². The fourth-order valence-electron chi connectivity index (χ4n) is 2.14. The molecule has 0 aliphatic rings. The van der Waals surface area contributed by atoms with E-state index in [9.17, 15) is 18.0 Å². The van der Waals surface area contributed by atoms with Crippen molar-refractivity contribution in [2.45, 2.75) is 12.8 Å². The van der Waals surface area contributed by atoms with Crippen LogP contribution in [0.4, 0.5) is 29.3 Å². The molecule has 29 heavy (non-hydrogen) atoms. The van der Waals surface area contributed by atoms with Crippen LogP contribution in [0.2, 0.25) is 0 Å². The number of rotatable bonds is 7. The standard InChI is InChI=1S/C17H15F3N6O3/c1-22-25-14-5-2-11(15(8-14)29-10-23-26-21)9-28-16(27)24-13-6-3-12(4-7-13)17(18,19)20/h2-8H,9-10H2,1H3,(H,24,27). The zero-order valence-electron chi connectivity index (χ0n) is 15.1. The Bertz CT molecular complexity index is 925. The van der Waals surface area contributed by atoms with Crippen molar-refractivity contribution in [3.63, 3.8) is 0 Å². The van der Waals surface area contributed by atoms with Crippen molar-refractivity contribution in [2.24, 2.45) is 15.3 Å². The summed E-state index contributed by atoms with van der Waals surface area (Å²) < 4.78 is 48.0. The Hall–Kier alpha value is -3.79. The fraction of sp³-hybridized carbons (Fsp3) is 0.235. The molecule has 0 bridgehead atoms. The summed E-state index contributed by atoms with van der Waals surface area (Å²) in [5.74, 6) is 0.268. The summed E-state index contributed by atoms with van der Waals surface area (Å²) in [4.78, 5) is 14.5. The largest absolute Gasteiger partial charge is 0.487 e. The number of nitrogens with zero attached hydrogens (tertiary/aromatic N) is 5. The lowest BCUT2D eigenvalue weighted by Gasteiger charge is -2.12. The summed E-state index contributed by atoms with van der Waals surface area (Å²) in [6, 6.07) is 8.63. The molecule has 0 aliphatic carbocycles. The molecular weight excluding hydrogens is 393 g/mol. The van der Waals surface area contributed by atoms with E-state index in [4.69, 9.17) is 15.0 Å². The summed E-state index contributed by atoms with van der Waals surface area (Å²) in [5.41, 5.74) is 8.57. The minimum atomic E-state index is -4.46. The average molecular weight is 408 g/mol. The Kier molecular flexibility index (Phi) is 7.38. The van der Waals surface area contributed by atoms with Gasteiger partial charge in [0.25, 0.3) is 0 Å². The monoisotopic (exact) mass is 408 g/mol. The maximum absolute atomic E-state index is 12.6. The molecule has 0 radical (unpaired) electrons. The van der Waals surface area contributed by atoms with Gasteiger partial charge in [0.15, 0.2) is 6.73 Å². The number of carbonyl (C=O) groups excluding carboxylic acids is 1. The lowest BCUT2D eigenvalue weighted by Crippen LogP contribution is -2.14. The summed E-state index contributed by atoms with van der Waals surface area (Å²) >= 11 is 0. The predicted molar refractivity (Wildman–Crippen MR) is 96.8 cm³/mol. The first kappa shape index (κ1) is 21.5. The molecule has 12 heteroatoms. The van der Waals surface area contributed by atoms with Gasteiger partial charge in [-0.2, -0.15) is 23.4 Å². The van der Waals surface area contributed by atoms with Crippen molar-refractivity contribution in [3.05, 3.63) is 64.0 Å². The number of carbonyl (C=O) groups is 1. The van der Waals surface area contributed by atoms with Gasteiger partial charge in [-0.3, -0.25) is 5.32 Å². The minimum absolute atomic E-state index is 0.140. The summed E-state index contributed by atoms with van der Waals surface area (Å²) in [6.45, 7) is -0.490. The number of azo groups is 1. The molecule has 0 spiro atoms. The summed E-state index contributed by atoms with van der Waals surface area (Å²) in [6.07, 6.45) is -5.34. The molecular formula is C17H15F3N6O3. The van der Waals surface area contributed by atoms with Gasteiger partial charge in [0.2, 0.25) is 0 Å². The number of halogens is 3. The SMILES string of the molecule is CN=Nc1ccc(COC(=O)Nc2ccc(C(F)(F)F)cc2)c(OCN=[N+]=[N-])c1. The highest BCUT2D eigenvalue weighted by molar-refractivity contribution is 5.84. The van der Waals surface area contributed by atoms with Gasteiger partial charge in [0, 0.05) is 29.3 Å². The number of hydrogen-bond acceptors (Lipinski definition) is 6. The normalized spacial score (nSPS) is 11.0. The minimum Gasteiger partial charge on any atom is -0.487 e. The van der Waals surface area contributed by atoms with Crippen LogP contribution in [-0.2, 0) is 17.5 Å². The molecule has 2 rings (SSSR count). The van der Waals surface area contributed by atoms with E-state index in [1.54, 1.807) is 12.1 Å². The number of anilines is 1. The zero-order valence-corrected chi connectivity index (χ0v) is 15.1. The van der Waals surface area contributed by atoms with Gasteiger partial charge in [-0.05, 0) is 41.9 Å². The number of ether oxygens (including phenoxy) is 2. The topological polar surface area (TPSA) is 121 Å². The van der Waals surface area contributed by atoms with E-state index >= 15 is 0 Å². The highest BCUT2D eigenvalue weighted by atomic mass is 19.4. The molecule has 2 aromatic carbocycles. The molecule has 0 aliphatic heterocycles. The number of nitrogens with one attached hydrogen (secondary N) is 1. The number of amides is 1. The van der Waals surface area contributed by atoms with Crippen molar-refractivity contribution in [1.29, 1.82) is 0 Å². The predicted octanol–water partition coefficient (Wildman–Crippen LogP) is 5.81. The molecule has 0 aromatic heterocycles. The Balaban J connectivity index is 2.02. The fourth-order valence-corrected chi connectivity index (χ4v) is 2.14. The van der Waals surface area contributed by atoms with Crippen LogP contribution in [0.5, 0.6) is 5.75 Å². The summed E-state index contributed by atoms with van der Waals surface area (Å²) in [5, 5.41) is 13.1. The molecule has 9 nitrogen and oxygen atoms in total. The van der Waals surface area contributed by atoms with Gasteiger partial charge in [-0.25, -0.2) is 4.79 Å².